The van der Waals surface area contributed by atoms with Crippen LogP contribution in [0.1, 0.15) is 23.6 Å². The van der Waals surface area contributed by atoms with Crippen molar-refractivity contribution in [3.05, 3.63) is 99.1 Å². The van der Waals surface area contributed by atoms with Crippen LogP contribution in [0.3, 0.4) is 0 Å². The fourth-order valence-electron chi connectivity index (χ4n) is 3.62. The molecule has 0 aromatic heterocycles. The van der Waals surface area contributed by atoms with Crippen LogP contribution in [0, 0.1) is 10.1 Å². The first-order valence-electron chi connectivity index (χ1n) is 11.1. The summed E-state index contributed by atoms with van der Waals surface area (Å²) in [6.07, 6.45) is -2.75. The summed E-state index contributed by atoms with van der Waals surface area (Å²) < 4.78 is 44.1. The first kappa shape index (κ1) is 26.1. The number of rotatable bonds is 6. The van der Waals surface area contributed by atoms with Gasteiger partial charge in [-0.25, -0.2) is 9.69 Å². The molecular formula is C26H18F3N3O6. The van der Waals surface area contributed by atoms with Crippen LogP contribution in [0.15, 0.2) is 72.3 Å². The number of hydrogen-bond donors (Lipinski definition) is 1. The summed E-state index contributed by atoms with van der Waals surface area (Å²) in [5.41, 5.74) is -0.737. The van der Waals surface area contributed by atoms with Crippen LogP contribution in [0.5, 0.6) is 11.5 Å². The average Bonchev–Trinajstić information content (AvgIpc) is 2.87. The Bertz CT molecular complexity index is 1470. The molecule has 1 N–H and O–H groups in total. The number of aryl methyl sites for hydroxylation is 1. The van der Waals surface area contributed by atoms with Gasteiger partial charge in [-0.3, -0.25) is 25.0 Å². The summed E-state index contributed by atoms with van der Waals surface area (Å²) in [6, 6.07) is 13.3. The molecule has 3 aromatic rings. The quantitative estimate of drug-likeness (QED) is 0.193. The Kier molecular flexibility index (Phi) is 6.98. The van der Waals surface area contributed by atoms with Crippen molar-refractivity contribution in [1.82, 2.24) is 5.32 Å². The number of nitrogens with one attached hydrogen (secondary N) is 1. The van der Waals surface area contributed by atoms with Crippen molar-refractivity contribution in [2.75, 3.05) is 4.90 Å². The number of nitro groups is 1. The third kappa shape index (κ3) is 5.38. The summed E-state index contributed by atoms with van der Waals surface area (Å²) in [5, 5.41) is 13.4. The van der Waals surface area contributed by atoms with Crippen LogP contribution in [-0.2, 0) is 22.2 Å². The summed E-state index contributed by atoms with van der Waals surface area (Å²) in [7, 11) is 0. The van der Waals surface area contributed by atoms with Gasteiger partial charge in [-0.05, 0) is 60.0 Å². The van der Waals surface area contributed by atoms with E-state index in [0.717, 1.165) is 23.0 Å². The standard InChI is InChI=1S/C26H18F3N3O6/c1-2-15-3-8-18(9-4-15)31-24(34)20(23(33)30-25(31)35)13-16-5-10-19(11-6-16)38-22-12-7-17(26(27,28)29)14-21(22)32(36)37/h3-14H,2H2,1H3,(H,30,33,35)/b20-13-. The molecule has 1 saturated heterocycles. The topological polar surface area (TPSA) is 119 Å². The van der Waals surface area contributed by atoms with Crippen molar-refractivity contribution in [3.63, 3.8) is 0 Å². The van der Waals surface area contributed by atoms with E-state index >= 15 is 0 Å². The number of carbonyl (C=O) groups is 3. The minimum absolute atomic E-state index is 0.0576. The molecule has 38 heavy (non-hydrogen) atoms. The molecule has 1 heterocycles. The Hall–Kier alpha value is -5.00. The Morgan fingerprint density at radius 1 is 1.00 bits per heavy atom. The van der Waals surface area contributed by atoms with Gasteiger partial charge in [0.25, 0.3) is 11.8 Å². The van der Waals surface area contributed by atoms with Crippen LogP contribution >= 0.6 is 0 Å². The third-order valence-corrected chi connectivity index (χ3v) is 5.61. The van der Waals surface area contributed by atoms with E-state index in [9.17, 15) is 37.7 Å². The molecule has 0 saturated carbocycles. The van der Waals surface area contributed by atoms with Gasteiger partial charge in [0, 0.05) is 6.07 Å². The molecule has 12 heteroatoms. The van der Waals surface area contributed by atoms with Gasteiger partial charge in [-0.15, -0.1) is 0 Å². The molecule has 0 bridgehead atoms. The molecule has 1 aliphatic rings. The number of anilines is 1. The lowest BCUT2D eigenvalue weighted by Crippen LogP contribution is -2.54. The molecule has 194 valence electrons. The van der Waals surface area contributed by atoms with Crippen LogP contribution in [0.4, 0.5) is 29.3 Å². The van der Waals surface area contributed by atoms with Gasteiger partial charge in [0.2, 0.25) is 5.75 Å². The number of barbiturate groups is 1. The molecule has 0 spiro atoms. The lowest BCUT2D eigenvalue weighted by molar-refractivity contribution is -0.385. The molecule has 4 amide bonds. The molecule has 0 atom stereocenters. The molecule has 0 radical (unpaired) electrons. The van der Waals surface area contributed by atoms with Gasteiger partial charge in [-0.1, -0.05) is 31.2 Å². The molecule has 1 fully saturated rings. The highest BCUT2D eigenvalue weighted by Crippen LogP contribution is 2.38. The monoisotopic (exact) mass is 525 g/mol. The van der Waals surface area contributed by atoms with Crippen molar-refractivity contribution in [1.29, 1.82) is 0 Å². The van der Waals surface area contributed by atoms with Gasteiger partial charge in [0.05, 0.1) is 16.2 Å². The lowest BCUT2D eigenvalue weighted by atomic mass is 10.1. The second-order valence-electron chi connectivity index (χ2n) is 8.09. The first-order valence-corrected chi connectivity index (χ1v) is 11.1. The number of hydrogen-bond acceptors (Lipinski definition) is 6. The highest BCUT2D eigenvalue weighted by molar-refractivity contribution is 6.39. The summed E-state index contributed by atoms with van der Waals surface area (Å²) >= 11 is 0. The molecule has 1 aliphatic heterocycles. The van der Waals surface area contributed by atoms with Gasteiger partial charge in [0.15, 0.2) is 0 Å². The Balaban J connectivity index is 1.57. The number of benzene rings is 3. The molecule has 3 aromatic carbocycles. The second kappa shape index (κ2) is 10.2. The number of alkyl halides is 3. The molecule has 0 unspecified atom stereocenters. The SMILES string of the molecule is CCc1ccc(N2C(=O)NC(=O)/C(=C/c3ccc(Oc4ccc(C(F)(F)F)cc4[N+](=O)[O-])cc3)C2=O)cc1. The van der Waals surface area contributed by atoms with E-state index in [4.69, 9.17) is 4.74 Å². The fourth-order valence-corrected chi connectivity index (χ4v) is 3.62. The van der Waals surface area contributed by atoms with E-state index in [-0.39, 0.29) is 17.0 Å². The number of halogens is 3. The molecular weight excluding hydrogens is 507 g/mol. The summed E-state index contributed by atoms with van der Waals surface area (Å²) in [6.45, 7) is 1.95. The summed E-state index contributed by atoms with van der Waals surface area (Å²) in [5.74, 6) is -2.06. The molecule has 0 aliphatic carbocycles. The van der Waals surface area contributed by atoms with E-state index in [1.807, 2.05) is 6.92 Å². The van der Waals surface area contributed by atoms with E-state index in [0.29, 0.717) is 17.7 Å². The maximum atomic E-state index is 13.0. The number of ether oxygens (including phenoxy) is 1. The minimum Gasteiger partial charge on any atom is -0.450 e. The lowest BCUT2D eigenvalue weighted by Gasteiger charge is -2.26. The zero-order valence-electron chi connectivity index (χ0n) is 19.6. The van der Waals surface area contributed by atoms with Crippen LogP contribution < -0.4 is 15.0 Å². The van der Waals surface area contributed by atoms with E-state index in [1.165, 1.54) is 30.3 Å². The highest BCUT2D eigenvalue weighted by Gasteiger charge is 2.37. The van der Waals surface area contributed by atoms with Gasteiger partial charge in [0.1, 0.15) is 11.3 Å². The summed E-state index contributed by atoms with van der Waals surface area (Å²) in [4.78, 5) is 48.9. The Labute approximate surface area is 213 Å². The average molecular weight is 525 g/mol. The molecule has 4 rings (SSSR count). The number of imide groups is 2. The van der Waals surface area contributed by atoms with Crippen molar-refractivity contribution in [2.24, 2.45) is 0 Å². The minimum atomic E-state index is -4.76. The van der Waals surface area contributed by atoms with E-state index in [1.54, 1.807) is 24.3 Å². The number of nitro benzene ring substituents is 1. The third-order valence-electron chi connectivity index (χ3n) is 5.61. The molecule has 9 nitrogen and oxygen atoms in total. The number of amides is 4. The maximum absolute atomic E-state index is 13.0. The van der Waals surface area contributed by atoms with Crippen LogP contribution in [-0.4, -0.2) is 22.8 Å². The van der Waals surface area contributed by atoms with Gasteiger partial charge in [-0.2, -0.15) is 13.2 Å². The normalized spacial score (nSPS) is 15.0. The zero-order chi connectivity index (χ0) is 27.6. The Morgan fingerprint density at radius 2 is 1.66 bits per heavy atom. The van der Waals surface area contributed by atoms with Gasteiger partial charge >= 0.3 is 17.9 Å². The maximum Gasteiger partial charge on any atom is 0.416 e. The Morgan fingerprint density at radius 3 is 2.24 bits per heavy atom. The highest BCUT2D eigenvalue weighted by atomic mass is 19.4. The number of nitrogens with zero attached hydrogens (tertiary/aromatic N) is 2. The van der Waals surface area contributed by atoms with Crippen molar-refractivity contribution < 1.29 is 37.2 Å². The first-order chi connectivity index (χ1) is 18.0. The van der Waals surface area contributed by atoms with Crippen molar-refractivity contribution in [2.45, 2.75) is 19.5 Å². The zero-order valence-corrected chi connectivity index (χ0v) is 19.6. The number of urea groups is 1. The van der Waals surface area contributed by atoms with Gasteiger partial charge < -0.3 is 4.74 Å². The van der Waals surface area contributed by atoms with Crippen molar-refractivity contribution >= 4 is 35.3 Å². The largest absolute Gasteiger partial charge is 0.450 e. The van der Waals surface area contributed by atoms with Crippen molar-refractivity contribution in [3.8, 4) is 11.5 Å². The van der Waals surface area contributed by atoms with E-state index < -0.39 is 45.9 Å². The smallest absolute Gasteiger partial charge is 0.416 e. The van der Waals surface area contributed by atoms with E-state index in [2.05, 4.69) is 5.32 Å². The van der Waals surface area contributed by atoms with Crippen LogP contribution in [0.2, 0.25) is 0 Å². The van der Waals surface area contributed by atoms with Crippen LogP contribution in [0.25, 0.3) is 6.08 Å². The second-order valence-corrected chi connectivity index (χ2v) is 8.09. The predicted molar refractivity (Wildman–Crippen MR) is 129 cm³/mol. The number of carbonyl (C=O) groups excluding carboxylic acids is 3. The predicted octanol–water partition coefficient (Wildman–Crippen LogP) is 5.63. The fraction of sp³-hybridized carbons (Fsp3) is 0.115.